The number of ether oxygens (including phenoxy) is 1. The maximum atomic E-state index is 12.3. The second-order valence-corrected chi connectivity index (χ2v) is 5.05. The number of aliphatic carboxylic acids is 1. The number of carboxylic acid groups (broad SMARTS) is 1. The summed E-state index contributed by atoms with van der Waals surface area (Å²) < 4.78 is 5.18. The van der Waals surface area contributed by atoms with E-state index in [-0.39, 0.29) is 25.3 Å². The topological polar surface area (TPSA) is 108 Å². The summed E-state index contributed by atoms with van der Waals surface area (Å²) in [6, 6.07) is -1.03. The fraction of sp³-hybridized carbons (Fsp3) is 0.615. The van der Waals surface area contributed by atoms with Crippen molar-refractivity contribution in [2.45, 2.75) is 25.4 Å². The van der Waals surface area contributed by atoms with Gasteiger partial charge in [0.05, 0.1) is 25.3 Å². The zero-order chi connectivity index (χ0) is 15.4. The van der Waals surface area contributed by atoms with Gasteiger partial charge in [-0.05, 0) is 6.42 Å². The zero-order valence-corrected chi connectivity index (χ0v) is 12.1. The highest BCUT2D eigenvalue weighted by Crippen LogP contribution is 2.20. The van der Waals surface area contributed by atoms with Crippen molar-refractivity contribution < 1.29 is 19.4 Å². The van der Waals surface area contributed by atoms with Crippen LogP contribution in [0, 0.1) is 5.92 Å². The molecule has 2 amide bonds. The van der Waals surface area contributed by atoms with E-state index in [1.54, 1.807) is 19.4 Å². The number of H-pyrrole nitrogens is 1. The third-order valence-corrected chi connectivity index (χ3v) is 3.74. The van der Waals surface area contributed by atoms with Crippen LogP contribution >= 0.6 is 0 Å². The minimum atomic E-state index is -0.949. The highest BCUT2D eigenvalue weighted by atomic mass is 16.5. The summed E-state index contributed by atoms with van der Waals surface area (Å²) in [5.41, 5.74) is 0. The van der Waals surface area contributed by atoms with E-state index >= 15 is 0 Å². The van der Waals surface area contributed by atoms with Crippen molar-refractivity contribution in [2.24, 2.45) is 5.92 Å². The molecule has 1 aromatic rings. The summed E-state index contributed by atoms with van der Waals surface area (Å²) in [5.74, 6) is -0.962. The molecule has 1 aromatic heterocycles. The third-order valence-electron chi connectivity index (χ3n) is 3.74. The van der Waals surface area contributed by atoms with Crippen molar-refractivity contribution in [2.75, 3.05) is 20.3 Å². The molecule has 1 saturated heterocycles. The van der Waals surface area contributed by atoms with Crippen molar-refractivity contribution in [3.8, 4) is 0 Å². The lowest BCUT2D eigenvalue weighted by molar-refractivity contribution is -0.142. The Labute approximate surface area is 122 Å². The summed E-state index contributed by atoms with van der Waals surface area (Å²) in [6.07, 6.45) is 3.99. The number of imidazole rings is 1. The molecule has 2 rings (SSSR count). The van der Waals surface area contributed by atoms with Gasteiger partial charge >= 0.3 is 12.0 Å². The average molecular weight is 296 g/mol. The maximum Gasteiger partial charge on any atom is 0.318 e. The minimum absolute atomic E-state index is 0.132. The Morgan fingerprint density at radius 2 is 2.38 bits per heavy atom. The van der Waals surface area contributed by atoms with Crippen molar-refractivity contribution in [1.29, 1.82) is 0 Å². The first kappa shape index (κ1) is 15.3. The molecule has 116 valence electrons. The van der Waals surface area contributed by atoms with E-state index in [1.807, 2.05) is 6.92 Å². The Balaban J connectivity index is 2.00. The summed E-state index contributed by atoms with van der Waals surface area (Å²) in [5, 5.41) is 12.0. The first-order valence-corrected chi connectivity index (χ1v) is 6.87. The number of carbonyl (C=O) groups excluding carboxylic acids is 1. The molecule has 8 heteroatoms. The van der Waals surface area contributed by atoms with E-state index in [0.29, 0.717) is 12.2 Å². The van der Waals surface area contributed by atoms with Crippen LogP contribution in [0.3, 0.4) is 0 Å². The van der Waals surface area contributed by atoms with E-state index in [4.69, 9.17) is 9.84 Å². The quantitative estimate of drug-likeness (QED) is 0.737. The standard InChI is InChI=1S/C13H20N4O4/c1-3-9(11-14-4-5-15-11)16-13(20)17(2)10-7-21-6-8(10)12(18)19/h4-5,8-10H,3,6-7H2,1-2H3,(H,14,15)(H,16,20)(H,18,19). The SMILES string of the molecule is CCC(NC(=O)N(C)C1COCC1C(=O)O)c1ncc[nH]1. The van der Waals surface area contributed by atoms with Crippen LogP contribution < -0.4 is 5.32 Å². The maximum absolute atomic E-state index is 12.3. The molecule has 8 nitrogen and oxygen atoms in total. The normalized spacial score (nSPS) is 22.8. The van der Waals surface area contributed by atoms with Crippen molar-refractivity contribution in [3.63, 3.8) is 0 Å². The molecule has 0 radical (unpaired) electrons. The number of hydrogen-bond donors (Lipinski definition) is 3. The molecular weight excluding hydrogens is 276 g/mol. The largest absolute Gasteiger partial charge is 0.481 e. The number of carboxylic acids is 1. The lowest BCUT2D eigenvalue weighted by atomic mass is 10.0. The summed E-state index contributed by atoms with van der Waals surface area (Å²) >= 11 is 0. The van der Waals surface area contributed by atoms with Gasteiger partial charge in [-0.25, -0.2) is 9.78 Å². The molecule has 0 spiro atoms. The van der Waals surface area contributed by atoms with Crippen LogP contribution in [0.1, 0.15) is 25.2 Å². The number of hydrogen-bond acceptors (Lipinski definition) is 4. The number of likely N-dealkylation sites (N-methyl/N-ethyl adjacent to an activating group) is 1. The minimum Gasteiger partial charge on any atom is -0.481 e. The number of urea groups is 1. The van der Waals surface area contributed by atoms with Crippen LogP contribution in [-0.4, -0.2) is 58.3 Å². The first-order valence-electron chi connectivity index (χ1n) is 6.87. The Hall–Kier alpha value is -2.09. The zero-order valence-electron chi connectivity index (χ0n) is 12.1. The molecule has 2 heterocycles. The Kier molecular flexibility index (Phi) is 4.79. The first-order chi connectivity index (χ1) is 10.0. The van der Waals surface area contributed by atoms with E-state index in [0.717, 1.165) is 0 Å². The monoisotopic (exact) mass is 296 g/mol. The highest BCUT2D eigenvalue weighted by molar-refractivity contribution is 5.77. The molecule has 1 fully saturated rings. The van der Waals surface area contributed by atoms with Gasteiger partial charge in [-0.15, -0.1) is 0 Å². The van der Waals surface area contributed by atoms with E-state index < -0.39 is 17.9 Å². The Bertz CT molecular complexity index is 490. The smallest absolute Gasteiger partial charge is 0.318 e. The molecule has 3 atom stereocenters. The fourth-order valence-corrected chi connectivity index (χ4v) is 2.39. The Morgan fingerprint density at radius 1 is 1.62 bits per heavy atom. The van der Waals surface area contributed by atoms with Crippen LogP contribution in [0.5, 0.6) is 0 Å². The predicted molar refractivity (Wildman–Crippen MR) is 73.6 cm³/mol. The van der Waals surface area contributed by atoms with Gasteiger partial charge in [0.15, 0.2) is 0 Å². The number of aromatic nitrogens is 2. The lowest BCUT2D eigenvalue weighted by Gasteiger charge is -2.28. The number of nitrogens with zero attached hydrogens (tertiary/aromatic N) is 2. The van der Waals surface area contributed by atoms with E-state index in [2.05, 4.69) is 15.3 Å². The lowest BCUT2D eigenvalue weighted by Crippen LogP contribution is -2.49. The molecule has 0 aliphatic carbocycles. The molecule has 1 aliphatic heterocycles. The van der Waals surface area contributed by atoms with Crippen molar-refractivity contribution in [3.05, 3.63) is 18.2 Å². The van der Waals surface area contributed by atoms with Crippen LogP contribution in [0.4, 0.5) is 4.79 Å². The van der Waals surface area contributed by atoms with Gasteiger partial charge in [-0.1, -0.05) is 6.92 Å². The second-order valence-electron chi connectivity index (χ2n) is 5.05. The molecule has 1 aliphatic rings. The summed E-state index contributed by atoms with van der Waals surface area (Å²) in [7, 11) is 1.58. The van der Waals surface area contributed by atoms with Crippen molar-refractivity contribution in [1.82, 2.24) is 20.2 Å². The highest BCUT2D eigenvalue weighted by Gasteiger charge is 2.38. The van der Waals surface area contributed by atoms with Crippen molar-refractivity contribution >= 4 is 12.0 Å². The van der Waals surface area contributed by atoms with Gasteiger partial charge in [0, 0.05) is 19.4 Å². The van der Waals surface area contributed by atoms with Gasteiger partial charge in [0.2, 0.25) is 0 Å². The molecule has 0 bridgehead atoms. The molecule has 0 saturated carbocycles. The van der Waals surface area contributed by atoms with E-state index in [9.17, 15) is 9.59 Å². The predicted octanol–water partition coefficient (Wildman–Crippen LogP) is 0.602. The van der Waals surface area contributed by atoms with Gasteiger partial charge in [0.25, 0.3) is 0 Å². The van der Waals surface area contributed by atoms with E-state index in [1.165, 1.54) is 4.90 Å². The number of aromatic amines is 1. The molecule has 3 N–H and O–H groups in total. The molecule has 21 heavy (non-hydrogen) atoms. The van der Waals surface area contributed by atoms with Gasteiger partial charge < -0.3 is 25.0 Å². The van der Waals surface area contributed by atoms with Crippen LogP contribution in [0.25, 0.3) is 0 Å². The van der Waals surface area contributed by atoms with Crippen LogP contribution in [-0.2, 0) is 9.53 Å². The summed E-state index contributed by atoms with van der Waals surface area (Å²) in [4.78, 5) is 31.9. The molecular formula is C13H20N4O4. The van der Waals surface area contributed by atoms with Crippen LogP contribution in [0.15, 0.2) is 12.4 Å². The fourth-order valence-electron chi connectivity index (χ4n) is 2.39. The summed E-state index contributed by atoms with van der Waals surface area (Å²) in [6.45, 7) is 2.30. The van der Waals surface area contributed by atoms with Crippen LogP contribution in [0.2, 0.25) is 0 Å². The van der Waals surface area contributed by atoms with Gasteiger partial charge in [-0.2, -0.15) is 0 Å². The number of rotatable bonds is 5. The Morgan fingerprint density at radius 3 is 2.95 bits per heavy atom. The number of carbonyl (C=O) groups is 2. The molecule has 0 aromatic carbocycles. The second kappa shape index (κ2) is 6.57. The number of nitrogens with one attached hydrogen (secondary N) is 2. The van der Waals surface area contributed by atoms with Gasteiger partial charge in [-0.3, -0.25) is 4.79 Å². The van der Waals surface area contributed by atoms with Gasteiger partial charge in [0.1, 0.15) is 11.7 Å². The third kappa shape index (κ3) is 3.33. The number of amides is 2. The molecule has 3 unspecified atom stereocenters. The average Bonchev–Trinajstić information content (AvgIpc) is 3.13.